The zero-order valence-corrected chi connectivity index (χ0v) is 16.2. The van der Waals surface area contributed by atoms with Crippen LogP contribution in [0, 0.1) is 5.82 Å². The molecule has 0 bridgehead atoms. The van der Waals surface area contributed by atoms with Crippen LogP contribution >= 0.6 is 0 Å². The molecule has 2 amide bonds. The number of hydrogen-bond donors (Lipinski definition) is 2. The number of rotatable bonds is 5. The van der Waals surface area contributed by atoms with Crippen molar-refractivity contribution in [1.82, 2.24) is 20.8 Å². The van der Waals surface area contributed by atoms with E-state index >= 15 is 0 Å². The first-order valence-corrected chi connectivity index (χ1v) is 9.39. The Bertz CT molecular complexity index is 1250. The van der Waals surface area contributed by atoms with Gasteiger partial charge in [0.25, 0.3) is 11.8 Å². The van der Waals surface area contributed by atoms with Gasteiger partial charge in [0.2, 0.25) is 0 Å². The molecule has 0 atom stereocenters. The predicted octanol–water partition coefficient (Wildman–Crippen LogP) is 3.28. The van der Waals surface area contributed by atoms with Crippen LogP contribution in [0.2, 0.25) is 0 Å². The number of carbonyl (C=O) groups is 2. The monoisotopic (exact) mass is 416 g/mol. The van der Waals surface area contributed by atoms with Gasteiger partial charge in [0.05, 0.1) is 22.5 Å². The van der Waals surface area contributed by atoms with E-state index in [2.05, 4.69) is 20.8 Å². The quantitative estimate of drug-likeness (QED) is 0.487. The number of hydrazine groups is 1. The lowest BCUT2D eigenvalue weighted by atomic mass is 10.1. The molecule has 31 heavy (non-hydrogen) atoms. The molecule has 0 radical (unpaired) electrons. The zero-order chi connectivity index (χ0) is 21.6. The van der Waals surface area contributed by atoms with E-state index in [9.17, 15) is 14.0 Å². The van der Waals surface area contributed by atoms with Crippen molar-refractivity contribution < 1.29 is 18.7 Å². The van der Waals surface area contributed by atoms with Crippen LogP contribution in [-0.4, -0.2) is 28.4 Å². The Hall–Kier alpha value is -4.33. The molecular weight excluding hydrogens is 399 g/mol. The van der Waals surface area contributed by atoms with Crippen LogP contribution in [-0.2, 0) is 4.79 Å². The number of para-hydroxylation sites is 2. The van der Waals surface area contributed by atoms with E-state index in [1.165, 1.54) is 18.2 Å². The minimum atomic E-state index is -0.639. The van der Waals surface area contributed by atoms with Crippen molar-refractivity contribution in [3.63, 3.8) is 0 Å². The Morgan fingerprint density at radius 3 is 2.48 bits per heavy atom. The SMILES string of the molecule is O=C(COc1ccccc1F)NNC(=O)c1cc(-c2ccccn2)nc2ccccc12. The first-order valence-electron chi connectivity index (χ1n) is 9.39. The van der Waals surface area contributed by atoms with Crippen LogP contribution in [0.3, 0.4) is 0 Å². The van der Waals surface area contributed by atoms with Crippen molar-refractivity contribution >= 4 is 22.7 Å². The van der Waals surface area contributed by atoms with E-state index in [4.69, 9.17) is 4.74 Å². The third kappa shape index (κ3) is 4.64. The number of nitrogens with one attached hydrogen (secondary N) is 2. The molecule has 0 aliphatic rings. The van der Waals surface area contributed by atoms with Crippen molar-refractivity contribution in [2.45, 2.75) is 0 Å². The maximum atomic E-state index is 13.6. The fourth-order valence-corrected chi connectivity index (χ4v) is 2.94. The second-order valence-corrected chi connectivity index (χ2v) is 6.51. The molecule has 0 aliphatic carbocycles. The smallest absolute Gasteiger partial charge is 0.276 e. The van der Waals surface area contributed by atoms with E-state index < -0.39 is 24.2 Å². The van der Waals surface area contributed by atoms with Crippen LogP contribution in [0.15, 0.2) is 79.0 Å². The molecule has 2 aromatic carbocycles. The Morgan fingerprint density at radius 2 is 1.68 bits per heavy atom. The number of benzene rings is 2. The van der Waals surface area contributed by atoms with Gasteiger partial charge in [-0.15, -0.1) is 0 Å². The molecule has 0 fully saturated rings. The Morgan fingerprint density at radius 1 is 0.903 bits per heavy atom. The number of hydrogen-bond acceptors (Lipinski definition) is 5. The minimum absolute atomic E-state index is 0.0518. The van der Waals surface area contributed by atoms with E-state index in [1.54, 1.807) is 48.7 Å². The molecule has 8 heteroatoms. The summed E-state index contributed by atoms with van der Waals surface area (Å²) in [5, 5.41) is 0.622. The average molecular weight is 416 g/mol. The summed E-state index contributed by atoms with van der Waals surface area (Å²) in [7, 11) is 0. The summed E-state index contributed by atoms with van der Waals surface area (Å²) >= 11 is 0. The van der Waals surface area contributed by atoms with Gasteiger partial charge in [-0.3, -0.25) is 25.4 Å². The van der Waals surface area contributed by atoms with Crippen LogP contribution in [0.4, 0.5) is 4.39 Å². The molecule has 2 aromatic heterocycles. The summed E-state index contributed by atoms with van der Waals surface area (Å²) in [6.45, 7) is -0.461. The largest absolute Gasteiger partial charge is 0.481 e. The average Bonchev–Trinajstić information content (AvgIpc) is 2.82. The third-order valence-electron chi connectivity index (χ3n) is 4.40. The summed E-state index contributed by atoms with van der Waals surface area (Å²) in [6, 6.07) is 19.9. The Kier molecular flexibility index (Phi) is 5.79. The van der Waals surface area contributed by atoms with Crippen molar-refractivity contribution in [3.8, 4) is 17.1 Å². The topological polar surface area (TPSA) is 93.2 Å². The van der Waals surface area contributed by atoms with Gasteiger partial charge < -0.3 is 4.74 Å². The molecule has 154 valence electrons. The highest BCUT2D eigenvalue weighted by Crippen LogP contribution is 2.23. The summed E-state index contributed by atoms with van der Waals surface area (Å²) in [4.78, 5) is 33.7. The number of carbonyl (C=O) groups excluding carboxylic acids is 2. The van der Waals surface area contributed by atoms with Crippen molar-refractivity contribution in [2.24, 2.45) is 0 Å². The minimum Gasteiger partial charge on any atom is -0.481 e. The van der Waals surface area contributed by atoms with Crippen LogP contribution in [0.5, 0.6) is 5.75 Å². The highest BCUT2D eigenvalue weighted by molar-refractivity contribution is 6.07. The first kappa shape index (κ1) is 20.0. The number of ether oxygens (including phenoxy) is 1. The van der Waals surface area contributed by atoms with Gasteiger partial charge in [-0.1, -0.05) is 36.4 Å². The number of amides is 2. The fraction of sp³-hybridized carbons (Fsp3) is 0.0435. The highest BCUT2D eigenvalue weighted by Gasteiger charge is 2.15. The van der Waals surface area contributed by atoms with Crippen molar-refractivity contribution in [1.29, 1.82) is 0 Å². The molecule has 0 unspecified atom stereocenters. The summed E-state index contributed by atoms with van der Waals surface area (Å²) in [6.07, 6.45) is 1.64. The molecule has 2 N–H and O–H groups in total. The third-order valence-corrected chi connectivity index (χ3v) is 4.40. The Labute approximate surface area is 176 Å². The molecular formula is C23H17FN4O3. The molecule has 7 nitrogen and oxygen atoms in total. The zero-order valence-electron chi connectivity index (χ0n) is 16.2. The Balaban J connectivity index is 1.49. The molecule has 0 saturated heterocycles. The van der Waals surface area contributed by atoms with Crippen LogP contribution in [0.1, 0.15) is 10.4 Å². The summed E-state index contributed by atoms with van der Waals surface area (Å²) in [5.41, 5.74) is 6.71. The number of pyridine rings is 2. The lowest BCUT2D eigenvalue weighted by Crippen LogP contribution is -2.44. The second-order valence-electron chi connectivity index (χ2n) is 6.51. The van der Waals surface area contributed by atoms with Gasteiger partial charge in [0.15, 0.2) is 18.2 Å². The number of halogens is 1. The van der Waals surface area contributed by atoms with E-state index in [-0.39, 0.29) is 5.75 Å². The molecule has 2 heterocycles. The molecule has 0 spiro atoms. The summed E-state index contributed by atoms with van der Waals surface area (Å²) in [5.74, 6) is -1.80. The van der Waals surface area contributed by atoms with Gasteiger partial charge in [-0.2, -0.15) is 0 Å². The lowest BCUT2D eigenvalue weighted by molar-refractivity contribution is -0.123. The molecule has 4 rings (SSSR count). The van der Waals surface area contributed by atoms with E-state index in [0.717, 1.165) is 0 Å². The summed E-state index contributed by atoms with van der Waals surface area (Å²) < 4.78 is 18.7. The van der Waals surface area contributed by atoms with Crippen LogP contribution < -0.4 is 15.6 Å². The number of aromatic nitrogens is 2. The molecule has 0 saturated carbocycles. The normalized spacial score (nSPS) is 10.5. The van der Waals surface area contributed by atoms with Gasteiger partial charge in [-0.05, 0) is 36.4 Å². The second kappa shape index (κ2) is 9.00. The van der Waals surface area contributed by atoms with Crippen LogP contribution in [0.25, 0.3) is 22.3 Å². The predicted molar refractivity (Wildman–Crippen MR) is 112 cm³/mol. The van der Waals surface area contributed by atoms with Gasteiger partial charge >= 0.3 is 0 Å². The maximum Gasteiger partial charge on any atom is 0.276 e. The van der Waals surface area contributed by atoms with Gasteiger partial charge in [-0.25, -0.2) is 9.37 Å². The fourth-order valence-electron chi connectivity index (χ4n) is 2.94. The maximum absolute atomic E-state index is 13.6. The number of nitrogens with zero attached hydrogens (tertiary/aromatic N) is 2. The number of fused-ring (bicyclic) bond motifs is 1. The molecule has 0 aliphatic heterocycles. The first-order chi connectivity index (χ1) is 15.1. The van der Waals surface area contributed by atoms with Crippen molar-refractivity contribution in [3.05, 3.63) is 90.4 Å². The highest BCUT2D eigenvalue weighted by atomic mass is 19.1. The van der Waals surface area contributed by atoms with E-state index in [1.807, 2.05) is 12.1 Å². The van der Waals surface area contributed by atoms with Crippen molar-refractivity contribution in [2.75, 3.05) is 6.61 Å². The molecule has 4 aromatic rings. The standard InChI is InChI=1S/C23H17FN4O3/c24-17-8-2-4-11-21(17)31-14-22(29)27-28-23(30)16-13-20(19-10-5-6-12-25-19)26-18-9-3-1-7-15(16)18/h1-13H,14H2,(H,27,29)(H,28,30). The van der Waals surface area contributed by atoms with E-state index in [0.29, 0.717) is 27.9 Å². The van der Waals surface area contributed by atoms with Gasteiger partial charge in [0.1, 0.15) is 0 Å². The van der Waals surface area contributed by atoms with Gasteiger partial charge in [0, 0.05) is 11.6 Å². The lowest BCUT2D eigenvalue weighted by Gasteiger charge is -2.12.